The molecule has 1 aliphatic rings. The maximum absolute atomic E-state index is 6.19. The summed E-state index contributed by atoms with van der Waals surface area (Å²) in [5.74, 6) is 1.95. The van der Waals surface area contributed by atoms with Gasteiger partial charge >= 0.3 is 0 Å². The van der Waals surface area contributed by atoms with E-state index in [1.807, 2.05) is 18.2 Å². The fourth-order valence-electron chi connectivity index (χ4n) is 2.36. The Morgan fingerprint density at radius 2 is 2.25 bits per heavy atom. The van der Waals surface area contributed by atoms with Crippen molar-refractivity contribution in [3.05, 3.63) is 28.6 Å². The van der Waals surface area contributed by atoms with Gasteiger partial charge < -0.3 is 15.0 Å². The van der Waals surface area contributed by atoms with Gasteiger partial charge in [-0.3, -0.25) is 0 Å². The number of hydrogen-bond donors (Lipinski definition) is 1. The second kappa shape index (κ2) is 5.18. The Morgan fingerprint density at radius 1 is 1.45 bits per heavy atom. The topological polar surface area (TPSA) is 74.2 Å². The largest absolute Gasteiger partial charge is 0.496 e. The van der Waals surface area contributed by atoms with Crippen molar-refractivity contribution >= 4 is 15.9 Å². The van der Waals surface area contributed by atoms with E-state index in [9.17, 15) is 0 Å². The van der Waals surface area contributed by atoms with E-state index in [1.54, 1.807) is 7.11 Å². The molecule has 1 saturated carbocycles. The van der Waals surface area contributed by atoms with Gasteiger partial charge in [-0.25, -0.2) is 0 Å². The van der Waals surface area contributed by atoms with Crippen LogP contribution in [-0.4, -0.2) is 22.8 Å². The minimum absolute atomic E-state index is 0.149. The Bertz CT molecular complexity index is 623. The molecule has 1 heterocycles. The van der Waals surface area contributed by atoms with Crippen LogP contribution < -0.4 is 10.5 Å². The van der Waals surface area contributed by atoms with E-state index in [-0.39, 0.29) is 5.54 Å². The molecule has 0 unspecified atom stereocenters. The molecule has 5 nitrogen and oxygen atoms in total. The highest BCUT2D eigenvalue weighted by atomic mass is 79.9. The fraction of sp³-hybridized carbons (Fsp3) is 0.429. The SMILES string of the molecule is COc1ccc(-c2noc(CC3(N)CCC3)n2)cc1Br. The smallest absolute Gasteiger partial charge is 0.228 e. The lowest BCUT2D eigenvalue weighted by molar-refractivity contribution is 0.222. The molecule has 0 bridgehead atoms. The molecule has 0 aliphatic heterocycles. The van der Waals surface area contributed by atoms with Gasteiger partial charge in [0.2, 0.25) is 11.7 Å². The van der Waals surface area contributed by atoms with Crippen LogP contribution in [0.1, 0.15) is 25.2 Å². The first kappa shape index (κ1) is 13.6. The van der Waals surface area contributed by atoms with Crippen molar-refractivity contribution in [3.63, 3.8) is 0 Å². The number of hydrogen-bond acceptors (Lipinski definition) is 5. The van der Waals surface area contributed by atoms with Crippen LogP contribution >= 0.6 is 15.9 Å². The van der Waals surface area contributed by atoms with E-state index < -0.39 is 0 Å². The van der Waals surface area contributed by atoms with Crippen LogP contribution in [0.3, 0.4) is 0 Å². The van der Waals surface area contributed by atoms with E-state index in [0.29, 0.717) is 18.1 Å². The molecule has 1 aliphatic carbocycles. The molecule has 2 aromatic rings. The second-order valence-corrected chi connectivity index (χ2v) is 6.11. The van der Waals surface area contributed by atoms with Gasteiger partial charge in [0.15, 0.2) is 0 Å². The first-order valence-electron chi connectivity index (χ1n) is 6.55. The lowest BCUT2D eigenvalue weighted by atomic mass is 9.75. The quantitative estimate of drug-likeness (QED) is 0.928. The van der Waals surface area contributed by atoms with Crippen molar-refractivity contribution in [2.45, 2.75) is 31.2 Å². The normalized spacial score (nSPS) is 16.8. The third-order valence-electron chi connectivity index (χ3n) is 3.73. The molecular weight excluding hydrogens is 322 g/mol. The highest BCUT2D eigenvalue weighted by Crippen LogP contribution is 2.33. The van der Waals surface area contributed by atoms with Crippen LogP contribution in [0.25, 0.3) is 11.4 Å². The van der Waals surface area contributed by atoms with Gasteiger partial charge in [-0.05, 0) is 53.4 Å². The summed E-state index contributed by atoms with van der Waals surface area (Å²) in [7, 11) is 1.63. The van der Waals surface area contributed by atoms with E-state index >= 15 is 0 Å². The zero-order valence-corrected chi connectivity index (χ0v) is 12.8. The molecule has 1 fully saturated rings. The number of halogens is 1. The summed E-state index contributed by atoms with van der Waals surface area (Å²) in [5.41, 5.74) is 6.93. The van der Waals surface area contributed by atoms with E-state index in [1.165, 1.54) is 6.42 Å². The first-order chi connectivity index (χ1) is 9.59. The maximum atomic E-state index is 6.19. The average Bonchev–Trinajstić information content (AvgIpc) is 2.85. The predicted molar refractivity (Wildman–Crippen MR) is 78.5 cm³/mol. The van der Waals surface area contributed by atoms with Crippen molar-refractivity contribution in [2.75, 3.05) is 7.11 Å². The number of nitrogens with two attached hydrogens (primary N) is 1. The molecule has 20 heavy (non-hydrogen) atoms. The molecule has 2 N–H and O–H groups in total. The third kappa shape index (κ3) is 2.58. The second-order valence-electron chi connectivity index (χ2n) is 5.25. The molecule has 1 aromatic heterocycles. The molecule has 6 heteroatoms. The van der Waals surface area contributed by atoms with Gasteiger partial charge in [0.25, 0.3) is 0 Å². The summed E-state index contributed by atoms with van der Waals surface area (Å²) in [5, 5.41) is 4.02. The number of aromatic nitrogens is 2. The van der Waals surface area contributed by atoms with Crippen LogP contribution in [-0.2, 0) is 6.42 Å². The van der Waals surface area contributed by atoms with Crippen molar-refractivity contribution in [2.24, 2.45) is 5.73 Å². The van der Waals surface area contributed by atoms with Crippen molar-refractivity contribution in [1.82, 2.24) is 10.1 Å². The van der Waals surface area contributed by atoms with Gasteiger partial charge in [-0.2, -0.15) is 4.98 Å². The van der Waals surface area contributed by atoms with E-state index in [4.69, 9.17) is 15.0 Å². The van der Waals surface area contributed by atoms with Crippen LogP contribution in [0, 0.1) is 0 Å². The van der Waals surface area contributed by atoms with Gasteiger partial charge in [-0.15, -0.1) is 0 Å². The van der Waals surface area contributed by atoms with Crippen molar-refractivity contribution < 1.29 is 9.26 Å². The van der Waals surface area contributed by atoms with Crippen molar-refractivity contribution in [3.8, 4) is 17.1 Å². The Kier molecular flexibility index (Phi) is 3.52. The molecule has 0 radical (unpaired) electrons. The third-order valence-corrected chi connectivity index (χ3v) is 4.35. The number of ether oxygens (including phenoxy) is 1. The number of methoxy groups -OCH3 is 1. The summed E-state index contributed by atoms with van der Waals surface area (Å²) < 4.78 is 11.4. The molecule has 106 valence electrons. The van der Waals surface area contributed by atoms with Gasteiger partial charge in [0.1, 0.15) is 5.75 Å². The first-order valence-corrected chi connectivity index (χ1v) is 7.34. The Hall–Kier alpha value is -1.40. The Balaban J connectivity index is 1.80. The summed E-state index contributed by atoms with van der Waals surface area (Å²) >= 11 is 3.45. The lowest BCUT2D eigenvalue weighted by Gasteiger charge is -2.36. The fourth-order valence-corrected chi connectivity index (χ4v) is 2.90. The molecule has 3 rings (SSSR count). The average molecular weight is 338 g/mol. The van der Waals surface area contributed by atoms with Gasteiger partial charge in [0, 0.05) is 17.5 Å². The lowest BCUT2D eigenvalue weighted by Crippen LogP contribution is -2.48. The Morgan fingerprint density at radius 3 is 2.85 bits per heavy atom. The standard InChI is InChI=1S/C14H16BrN3O2/c1-19-11-4-3-9(7-10(11)15)13-17-12(20-18-13)8-14(16)5-2-6-14/h3-4,7H,2,5-6,8,16H2,1H3. The summed E-state index contributed by atoms with van der Waals surface area (Å²) in [6.07, 6.45) is 3.89. The molecule has 0 saturated heterocycles. The number of nitrogens with zero attached hydrogens (tertiary/aromatic N) is 2. The zero-order chi connectivity index (χ0) is 14.2. The van der Waals surface area contributed by atoms with Crippen LogP contribution in [0.4, 0.5) is 0 Å². The Labute approximate surface area is 125 Å². The predicted octanol–water partition coefficient (Wildman–Crippen LogP) is 2.93. The highest BCUT2D eigenvalue weighted by Gasteiger charge is 2.34. The maximum Gasteiger partial charge on any atom is 0.228 e. The molecule has 0 spiro atoms. The van der Waals surface area contributed by atoms with E-state index in [0.717, 1.165) is 28.6 Å². The molecule has 0 amide bonds. The van der Waals surface area contributed by atoms with Crippen molar-refractivity contribution in [1.29, 1.82) is 0 Å². The van der Waals surface area contributed by atoms with Crippen LogP contribution in [0.5, 0.6) is 5.75 Å². The van der Waals surface area contributed by atoms with Gasteiger partial charge in [0.05, 0.1) is 11.6 Å². The summed E-state index contributed by atoms with van der Waals surface area (Å²) in [6, 6.07) is 5.68. The number of rotatable bonds is 4. The highest BCUT2D eigenvalue weighted by molar-refractivity contribution is 9.10. The van der Waals surface area contributed by atoms with Crippen LogP contribution in [0.2, 0.25) is 0 Å². The van der Waals surface area contributed by atoms with E-state index in [2.05, 4.69) is 26.1 Å². The molecular formula is C14H16BrN3O2. The summed E-state index contributed by atoms with van der Waals surface area (Å²) in [4.78, 5) is 4.42. The monoisotopic (exact) mass is 337 g/mol. The van der Waals surface area contributed by atoms with Crippen LogP contribution in [0.15, 0.2) is 27.2 Å². The van der Waals surface area contributed by atoms with Gasteiger partial charge in [-0.1, -0.05) is 5.16 Å². The summed E-state index contributed by atoms with van der Waals surface area (Å²) in [6.45, 7) is 0. The zero-order valence-electron chi connectivity index (χ0n) is 11.2. The minimum atomic E-state index is -0.149. The minimum Gasteiger partial charge on any atom is -0.496 e. The number of benzene rings is 1. The molecule has 1 aromatic carbocycles. The molecule has 0 atom stereocenters.